The van der Waals surface area contributed by atoms with Gasteiger partial charge in [0.05, 0.1) is 6.61 Å². The molecule has 0 aliphatic heterocycles. The minimum atomic E-state index is 0.283. The molecule has 100 valence electrons. The summed E-state index contributed by atoms with van der Waals surface area (Å²) in [5, 5.41) is 9.22. The molecular weight excluding hydrogens is 222 g/mol. The molecule has 0 bridgehead atoms. The summed E-state index contributed by atoms with van der Waals surface area (Å²) in [5.41, 5.74) is 1.40. The molecule has 0 spiro atoms. The summed E-state index contributed by atoms with van der Waals surface area (Å²) in [7, 11) is 0. The minimum Gasteiger partial charge on any atom is -0.395 e. The SMILES string of the molecule is OCCN(CCc1ccccc1)C1CCCCC1. The zero-order valence-electron chi connectivity index (χ0n) is 11.2. The molecule has 1 aromatic carbocycles. The molecule has 1 fully saturated rings. The third-order valence-corrected chi connectivity index (χ3v) is 4.01. The van der Waals surface area contributed by atoms with E-state index in [1.807, 2.05) is 0 Å². The summed E-state index contributed by atoms with van der Waals surface area (Å²) in [6.45, 7) is 2.19. The van der Waals surface area contributed by atoms with Crippen LogP contribution in [0.3, 0.4) is 0 Å². The highest BCUT2D eigenvalue weighted by Gasteiger charge is 2.20. The molecular formula is C16H25NO. The van der Waals surface area contributed by atoms with Crippen molar-refractivity contribution in [3.8, 4) is 0 Å². The Morgan fingerprint density at radius 2 is 1.72 bits per heavy atom. The molecule has 1 saturated carbocycles. The topological polar surface area (TPSA) is 23.5 Å². The Balaban J connectivity index is 1.85. The van der Waals surface area contributed by atoms with Gasteiger partial charge >= 0.3 is 0 Å². The van der Waals surface area contributed by atoms with Crippen LogP contribution >= 0.6 is 0 Å². The molecule has 0 atom stereocenters. The maximum atomic E-state index is 9.22. The van der Waals surface area contributed by atoms with Crippen LogP contribution in [0, 0.1) is 0 Å². The Kier molecular flexibility index (Phi) is 5.69. The van der Waals surface area contributed by atoms with Crippen molar-refractivity contribution >= 4 is 0 Å². The molecule has 0 aromatic heterocycles. The highest BCUT2D eigenvalue weighted by atomic mass is 16.3. The van der Waals surface area contributed by atoms with Crippen LogP contribution in [0.4, 0.5) is 0 Å². The summed E-state index contributed by atoms with van der Waals surface area (Å²) in [6.07, 6.45) is 7.83. The lowest BCUT2D eigenvalue weighted by Crippen LogP contribution is -2.40. The van der Waals surface area contributed by atoms with Gasteiger partial charge in [-0.15, -0.1) is 0 Å². The second-order valence-electron chi connectivity index (χ2n) is 5.29. The van der Waals surface area contributed by atoms with E-state index in [1.54, 1.807) is 0 Å². The number of hydrogen-bond acceptors (Lipinski definition) is 2. The van der Waals surface area contributed by atoms with Gasteiger partial charge in [-0.2, -0.15) is 0 Å². The van der Waals surface area contributed by atoms with Crippen LogP contribution in [0.5, 0.6) is 0 Å². The molecule has 1 N–H and O–H groups in total. The maximum Gasteiger partial charge on any atom is 0.0558 e. The molecule has 18 heavy (non-hydrogen) atoms. The first-order valence-corrected chi connectivity index (χ1v) is 7.29. The van der Waals surface area contributed by atoms with E-state index in [1.165, 1.54) is 37.7 Å². The van der Waals surface area contributed by atoms with Crippen molar-refractivity contribution < 1.29 is 5.11 Å². The lowest BCUT2D eigenvalue weighted by atomic mass is 9.94. The quantitative estimate of drug-likeness (QED) is 0.835. The van der Waals surface area contributed by atoms with Crippen LogP contribution in [0.1, 0.15) is 37.7 Å². The summed E-state index contributed by atoms with van der Waals surface area (Å²) in [5.74, 6) is 0. The predicted octanol–water partition coefficient (Wildman–Crippen LogP) is 2.86. The Hall–Kier alpha value is -0.860. The Bertz CT molecular complexity index is 319. The number of benzene rings is 1. The molecule has 2 nitrogen and oxygen atoms in total. The standard InChI is InChI=1S/C16H25NO/c18-14-13-17(16-9-5-2-6-10-16)12-11-15-7-3-1-4-8-15/h1,3-4,7-8,16,18H,2,5-6,9-14H2. The van der Waals surface area contributed by atoms with E-state index in [-0.39, 0.29) is 6.61 Å². The molecule has 1 aromatic rings. The number of hydrogen-bond donors (Lipinski definition) is 1. The van der Waals surface area contributed by atoms with Crippen molar-refractivity contribution in [1.29, 1.82) is 0 Å². The summed E-state index contributed by atoms with van der Waals surface area (Å²) < 4.78 is 0. The van der Waals surface area contributed by atoms with E-state index in [0.29, 0.717) is 6.04 Å². The molecule has 0 saturated heterocycles. The van der Waals surface area contributed by atoms with Crippen molar-refractivity contribution in [2.24, 2.45) is 0 Å². The van der Waals surface area contributed by atoms with E-state index >= 15 is 0 Å². The van der Waals surface area contributed by atoms with Crippen LogP contribution in [0.15, 0.2) is 30.3 Å². The van der Waals surface area contributed by atoms with Crippen molar-refractivity contribution in [3.05, 3.63) is 35.9 Å². The van der Waals surface area contributed by atoms with Gasteiger partial charge in [0.25, 0.3) is 0 Å². The lowest BCUT2D eigenvalue weighted by Gasteiger charge is -2.34. The van der Waals surface area contributed by atoms with Gasteiger partial charge in [0.2, 0.25) is 0 Å². The van der Waals surface area contributed by atoms with Crippen molar-refractivity contribution in [2.45, 2.75) is 44.6 Å². The predicted molar refractivity (Wildman–Crippen MR) is 75.7 cm³/mol. The third-order valence-electron chi connectivity index (χ3n) is 4.01. The van der Waals surface area contributed by atoms with E-state index in [0.717, 1.165) is 19.5 Å². The van der Waals surface area contributed by atoms with Crippen LogP contribution in [0.25, 0.3) is 0 Å². The second kappa shape index (κ2) is 7.55. The molecule has 1 aliphatic rings. The van der Waals surface area contributed by atoms with Gasteiger partial charge in [-0.25, -0.2) is 0 Å². The van der Waals surface area contributed by atoms with E-state index < -0.39 is 0 Å². The molecule has 0 heterocycles. The molecule has 0 unspecified atom stereocenters. The van der Waals surface area contributed by atoms with E-state index in [4.69, 9.17) is 0 Å². The van der Waals surface area contributed by atoms with Gasteiger partial charge in [0.15, 0.2) is 0 Å². The Labute approximate surface area is 111 Å². The number of aliphatic hydroxyl groups is 1. The fourth-order valence-electron chi connectivity index (χ4n) is 2.97. The van der Waals surface area contributed by atoms with E-state index in [9.17, 15) is 5.11 Å². The number of rotatable bonds is 6. The lowest BCUT2D eigenvalue weighted by molar-refractivity contribution is 0.125. The largest absolute Gasteiger partial charge is 0.395 e. The molecule has 2 rings (SSSR count). The average Bonchev–Trinajstić information content (AvgIpc) is 2.45. The van der Waals surface area contributed by atoms with Crippen molar-refractivity contribution in [2.75, 3.05) is 19.7 Å². The Morgan fingerprint density at radius 3 is 2.39 bits per heavy atom. The van der Waals surface area contributed by atoms with Crippen LogP contribution in [0.2, 0.25) is 0 Å². The van der Waals surface area contributed by atoms with Gasteiger partial charge in [0.1, 0.15) is 0 Å². The molecule has 0 radical (unpaired) electrons. The minimum absolute atomic E-state index is 0.283. The molecule has 2 heteroatoms. The fraction of sp³-hybridized carbons (Fsp3) is 0.625. The average molecular weight is 247 g/mol. The number of nitrogens with zero attached hydrogens (tertiary/aromatic N) is 1. The number of aliphatic hydroxyl groups excluding tert-OH is 1. The third kappa shape index (κ3) is 4.11. The summed E-state index contributed by atoms with van der Waals surface area (Å²) in [4.78, 5) is 2.49. The second-order valence-corrected chi connectivity index (χ2v) is 5.29. The van der Waals surface area contributed by atoms with Gasteiger partial charge in [-0.1, -0.05) is 49.6 Å². The van der Waals surface area contributed by atoms with E-state index in [2.05, 4.69) is 35.2 Å². The fourth-order valence-corrected chi connectivity index (χ4v) is 2.97. The monoisotopic (exact) mass is 247 g/mol. The molecule has 1 aliphatic carbocycles. The smallest absolute Gasteiger partial charge is 0.0558 e. The maximum absolute atomic E-state index is 9.22. The van der Waals surface area contributed by atoms with Gasteiger partial charge < -0.3 is 5.11 Å². The van der Waals surface area contributed by atoms with Gasteiger partial charge in [-0.05, 0) is 24.8 Å². The van der Waals surface area contributed by atoms with Gasteiger partial charge in [-0.3, -0.25) is 4.90 Å². The normalized spacial score (nSPS) is 17.2. The zero-order valence-corrected chi connectivity index (χ0v) is 11.2. The summed E-state index contributed by atoms with van der Waals surface area (Å²) >= 11 is 0. The zero-order chi connectivity index (χ0) is 12.6. The van der Waals surface area contributed by atoms with Gasteiger partial charge in [0, 0.05) is 19.1 Å². The first-order chi connectivity index (χ1) is 8.90. The van der Waals surface area contributed by atoms with Crippen LogP contribution < -0.4 is 0 Å². The van der Waals surface area contributed by atoms with Crippen LogP contribution in [-0.2, 0) is 6.42 Å². The van der Waals surface area contributed by atoms with Crippen molar-refractivity contribution in [3.63, 3.8) is 0 Å². The Morgan fingerprint density at radius 1 is 1.00 bits per heavy atom. The molecule has 0 amide bonds. The first-order valence-electron chi connectivity index (χ1n) is 7.29. The van der Waals surface area contributed by atoms with Crippen LogP contribution in [-0.4, -0.2) is 35.7 Å². The highest BCUT2D eigenvalue weighted by Crippen LogP contribution is 2.22. The first kappa shape index (κ1) is 13.6. The highest BCUT2D eigenvalue weighted by molar-refractivity contribution is 5.14. The summed E-state index contributed by atoms with van der Waals surface area (Å²) in [6, 6.07) is 11.4. The van der Waals surface area contributed by atoms with Crippen molar-refractivity contribution in [1.82, 2.24) is 4.90 Å².